The van der Waals surface area contributed by atoms with Crippen molar-refractivity contribution in [3.05, 3.63) is 35.4 Å². The van der Waals surface area contributed by atoms with Crippen LogP contribution in [0.1, 0.15) is 24.0 Å². The number of benzene rings is 1. The number of nitriles is 2. The van der Waals surface area contributed by atoms with Crippen molar-refractivity contribution in [2.45, 2.75) is 18.9 Å². The third kappa shape index (κ3) is 1.90. The Hall–Kier alpha value is -1.84. The second-order valence-electron chi connectivity index (χ2n) is 3.05. The SMILES string of the molecule is CC(O)C(C#N)c1ccccc1C#N. The first kappa shape index (κ1) is 10.2. The standard InChI is InChI=1S/C11H10N2O/c1-8(14)11(7-13)10-5-3-2-4-9(10)6-12/h2-5,8,11,14H,1H3. The molecule has 0 spiro atoms. The van der Waals surface area contributed by atoms with Crippen molar-refractivity contribution in [3.8, 4) is 12.1 Å². The van der Waals surface area contributed by atoms with Gasteiger partial charge in [-0.1, -0.05) is 18.2 Å². The second-order valence-corrected chi connectivity index (χ2v) is 3.05. The minimum absolute atomic E-state index is 0.444. The maximum atomic E-state index is 9.35. The van der Waals surface area contributed by atoms with Crippen molar-refractivity contribution in [1.29, 1.82) is 10.5 Å². The van der Waals surface area contributed by atoms with Crippen molar-refractivity contribution < 1.29 is 5.11 Å². The largest absolute Gasteiger partial charge is 0.392 e. The first-order valence-electron chi connectivity index (χ1n) is 4.27. The zero-order valence-corrected chi connectivity index (χ0v) is 7.81. The maximum absolute atomic E-state index is 9.35. The normalized spacial score (nSPS) is 13.7. The van der Waals surface area contributed by atoms with Gasteiger partial charge in [0, 0.05) is 0 Å². The van der Waals surface area contributed by atoms with Crippen LogP contribution in [0.5, 0.6) is 0 Å². The molecule has 0 saturated carbocycles. The van der Waals surface area contributed by atoms with Crippen LogP contribution in [0.2, 0.25) is 0 Å². The average molecular weight is 186 g/mol. The van der Waals surface area contributed by atoms with Crippen LogP contribution in [-0.4, -0.2) is 11.2 Å². The molecule has 0 aliphatic heterocycles. The van der Waals surface area contributed by atoms with Gasteiger partial charge in [0.2, 0.25) is 0 Å². The molecule has 0 bridgehead atoms. The summed E-state index contributed by atoms with van der Waals surface area (Å²) in [5.74, 6) is -0.633. The highest BCUT2D eigenvalue weighted by Crippen LogP contribution is 2.22. The number of rotatable bonds is 2. The van der Waals surface area contributed by atoms with E-state index in [-0.39, 0.29) is 0 Å². The molecule has 1 N–H and O–H groups in total. The van der Waals surface area contributed by atoms with Crippen molar-refractivity contribution in [3.63, 3.8) is 0 Å². The minimum atomic E-state index is -0.769. The third-order valence-electron chi connectivity index (χ3n) is 2.04. The van der Waals surface area contributed by atoms with Crippen molar-refractivity contribution in [1.82, 2.24) is 0 Å². The summed E-state index contributed by atoms with van der Waals surface area (Å²) in [5.41, 5.74) is 1.03. The van der Waals surface area contributed by atoms with Gasteiger partial charge in [0.05, 0.1) is 29.7 Å². The number of nitrogens with zero attached hydrogens (tertiary/aromatic N) is 2. The summed E-state index contributed by atoms with van der Waals surface area (Å²) in [6.45, 7) is 1.54. The molecule has 3 heteroatoms. The Kier molecular flexibility index (Phi) is 3.23. The van der Waals surface area contributed by atoms with Crippen molar-refractivity contribution in [2.75, 3.05) is 0 Å². The van der Waals surface area contributed by atoms with Crippen LogP contribution in [0.15, 0.2) is 24.3 Å². The minimum Gasteiger partial charge on any atom is -0.392 e. The Balaban J connectivity index is 3.19. The predicted octanol–water partition coefficient (Wildman–Crippen LogP) is 1.55. The smallest absolute Gasteiger partial charge is 0.0995 e. The fourth-order valence-corrected chi connectivity index (χ4v) is 1.31. The Morgan fingerprint density at radius 1 is 1.29 bits per heavy atom. The van der Waals surface area contributed by atoms with Gasteiger partial charge in [0.1, 0.15) is 0 Å². The first-order chi connectivity index (χ1) is 6.70. The molecule has 3 nitrogen and oxygen atoms in total. The molecule has 0 heterocycles. The van der Waals surface area contributed by atoms with Crippen LogP contribution < -0.4 is 0 Å². The predicted molar refractivity (Wildman–Crippen MR) is 51.2 cm³/mol. The summed E-state index contributed by atoms with van der Waals surface area (Å²) < 4.78 is 0. The van der Waals surface area contributed by atoms with E-state index in [2.05, 4.69) is 0 Å². The highest BCUT2D eigenvalue weighted by molar-refractivity contribution is 5.42. The molecule has 14 heavy (non-hydrogen) atoms. The summed E-state index contributed by atoms with van der Waals surface area (Å²) in [5, 5.41) is 27.0. The van der Waals surface area contributed by atoms with Gasteiger partial charge in [-0.25, -0.2) is 0 Å². The molecule has 0 saturated heterocycles. The fraction of sp³-hybridized carbons (Fsp3) is 0.273. The van der Waals surface area contributed by atoms with E-state index in [1.807, 2.05) is 12.1 Å². The molecule has 0 radical (unpaired) electrons. The van der Waals surface area contributed by atoms with Crippen LogP contribution in [0, 0.1) is 22.7 Å². The lowest BCUT2D eigenvalue weighted by Crippen LogP contribution is -2.13. The van der Waals surface area contributed by atoms with E-state index in [4.69, 9.17) is 10.5 Å². The molecule has 0 aromatic heterocycles. The van der Waals surface area contributed by atoms with E-state index in [9.17, 15) is 5.11 Å². The van der Waals surface area contributed by atoms with E-state index in [1.165, 1.54) is 0 Å². The summed E-state index contributed by atoms with van der Waals surface area (Å²) in [6.07, 6.45) is -0.769. The highest BCUT2D eigenvalue weighted by Gasteiger charge is 2.19. The topological polar surface area (TPSA) is 67.8 Å². The van der Waals surface area contributed by atoms with Crippen LogP contribution in [0.4, 0.5) is 0 Å². The quantitative estimate of drug-likeness (QED) is 0.761. The van der Waals surface area contributed by atoms with Crippen LogP contribution in [-0.2, 0) is 0 Å². The Morgan fingerprint density at radius 3 is 2.43 bits per heavy atom. The molecule has 2 unspecified atom stereocenters. The van der Waals surface area contributed by atoms with E-state index in [0.717, 1.165) is 0 Å². The molecule has 0 amide bonds. The molecule has 0 aliphatic carbocycles. The second kappa shape index (κ2) is 4.41. The lowest BCUT2D eigenvalue weighted by Gasteiger charge is -2.13. The molecular formula is C11H10N2O. The number of hydrogen-bond acceptors (Lipinski definition) is 3. The summed E-state index contributed by atoms with van der Waals surface area (Å²) >= 11 is 0. The Morgan fingerprint density at radius 2 is 1.93 bits per heavy atom. The van der Waals surface area contributed by atoms with E-state index >= 15 is 0 Å². The summed E-state index contributed by atoms with van der Waals surface area (Å²) in [6, 6.07) is 10.8. The molecule has 1 rings (SSSR count). The van der Waals surface area contributed by atoms with Gasteiger partial charge in [0.25, 0.3) is 0 Å². The molecular weight excluding hydrogens is 176 g/mol. The lowest BCUT2D eigenvalue weighted by atomic mass is 9.92. The number of aliphatic hydroxyl groups excluding tert-OH is 1. The van der Waals surface area contributed by atoms with E-state index in [0.29, 0.717) is 11.1 Å². The zero-order valence-electron chi connectivity index (χ0n) is 7.81. The molecule has 0 aliphatic rings. The first-order valence-corrected chi connectivity index (χ1v) is 4.27. The monoisotopic (exact) mass is 186 g/mol. The molecule has 1 aromatic carbocycles. The van der Waals surface area contributed by atoms with E-state index < -0.39 is 12.0 Å². The lowest BCUT2D eigenvalue weighted by molar-refractivity contribution is 0.181. The molecule has 2 atom stereocenters. The summed E-state index contributed by atoms with van der Waals surface area (Å²) in [7, 11) is 0. The van der Waals surface area contributed by atoms with Crippen LogP contribution in [0.25, 0.3) is 0 Å². The van der Waals surface area contributed by atoms with Crippen LogP contribution >= 0.6 is 0 Å². The molecule has 70 valence electrons. The van der Waals surface area contributed by atoms with Crippen molar-refractivity contribution >= 4 is 0 Å². The van der Waals surface area contributed by atoms with Crippen LogP contribution in [0.3, 0.4) is 0 Å². The average Bonchev–Trinajstić information content (AvgIpc) is 2.19. The van der Waals surface area contributed by atoms with Gasteiger partial charge in [-0.15, -0.1) is 0 Å². The van der Waals surface area contributed by atoms with Gasteiger partial charge >= 0.3 is 0 Å². The van der Waals surface area contributed by atoms with Gasteiger partial charge in [-0.2, -0.15) is 10.5 Å². The van der Waals surface area contributed by atoms with Gasteiger partial charge in [-0.05, 0) is 18.6 Å². The molecule has 0 fully saturated rings. The summed E-state index contributed by atoms with van der Waals surface area (Å²) in [4.78, 5) is 0. The Labute approximate surface area is 82.8 Å². The highest BCUT2D eigenvalue weighted by atomic mass is 16.3. The Bertz CT molecular complexity index is 398. The number of hydrogen-bond donors (Lipinski definition) is 1. The van der Waals surface area contributed by atoms with Gasteiger partial charge < -0.3 is 5.11 Å². The zero-order chi connectivity index (χ0) is 10.6. The van der Waals surface area contributed by atoms with E-state index in [1.54, 1.807) is 31.2 Å². The van der Waals surface area contributed by atoms with Crippen molar-refractivity contribution in [2.24, 2.45) is 0 Å². The number of aliphatic hydroxyl groups is 1. The fourth-order valence-electron chi connectivity index (χ4n) is 1.31. The van der Waals surface area contributed by atoms with Gasteiger partial charge in [0.15, 0.2) is 0 Å². The molecule has 1 aromatic rings. The third-order valence-corrected chi connectivity index (χ3v) is 2.04. The maximum Gasteiger partial charge on any atom is 0.0995 e. The van der Waals surface area contributed by atoms with Gasteiger partial charge in [-0.3, -0.25) is 0 Å².